The molecule has 6 nitrogen and oxygen atoms in total. The second-order valence-electron chi connectivity index (χ2n) is 3.49. The van der Waals surface area contributed by atoms with Gasteiger partial charge in [0.25, 0.3) is 0 Å². The number of carbonyl (C=O) groups is 1. The Kier molecular flexibility index (Phi) is 4.62. The third-order valence-corrected chi connectivity index (χ3v) is 3.36. The van der Waals surface area contributed by atoms with Crippen LogP contribution in [0.1, 0.15) is 11.1 Å². The number of sulfonamides is 1. The molecule has 1 rings (SSSR count). The Morgan fingerprint density at radius 3 is 2.24 bits per heavy atom. The molecule has 0 unspecified atom stereocenters. The molecule has 0 fully saturated rings. The fourth-order valence-electron chi connectivity index (χ4n) is 1.21. The minimum atomic E-state index is -3.61. The summed E-state index contributed by atoms with van der Waals surface area (Å²) in [7, 11) is -3.61. The van der Waals surface area contributed by atoms with Crippen LogP contribution >= 0.6 is 0 Å². The molecule has 0 aliphatic heterocycles. The molecule has 0 heterocycles. The predicted octanol–water partition coefficient (Wildman–Crippen LogP) is -0.351. The van der Waals surface area contributed by atoms with E-state index in [1.54, 1.807) is 24.3 Å². The summed E-state index contributed by atoms with van der Waals surface area (Å²) in [6, 6.07) is 6.79. The maximum atomic E-state index is 11.5. The number of nitrogens with two attached hydrogens (primary N) is 1. The van der Waals surface area contributed by atoms with E-state index in [2.05, 4.69) is 0 Å². The molecule has 0 atom stereocenters. The molecule has 0 saturated carbocycles. The lowest BCUT2D eigenvalue weighted by Crippen LogP contribution is -2.30. The third kappa shape index (κ3) is 4.94. The molecule has 1 aromatic rings. The first kappa shape index (κ1) is 13.6. The lowest BCUT2D eigenvalue weighted by atomic mass is 10.1. The molecule has 0 aliphatic rings. The maximum Gasteiger partial charge on any atom is 0.318 e. The Balaban J connectivity index is 2.66. The highest BCUT2D eigenvalue weighted by Crippen LogP contribution is 2.07. The lowest BCUT2D eigenvalue weighted by molar-refractivity contribution is -0.135. The molecule has 0 saturated heterocycles. The first-order valence-electron chi connectivity index (χ1n) is 4.90. The standard InChI is InChI=1S/C10H14N2O4S/c11-5-8-1-3-9(4-2-8)7-17(15,16)12-6-10(13)14/h1-4,12H,5-7,11H2,(H,13,14). The Hall–Kier alpha value is -1.44. The van der Waals surface area contributed by atoms with Crippen LogP contribution in [-0.4, -0.2) is 26.0 Å². The van der Waals surface area contributed by atoms with Gasteiger partial charge in [0.05, 0.1) is 5.75 Å². The van der Waals surface area contributed by atoms with Crippen molar-refractivity contribution in [2.75, 3.05) is 6.54 Å². The molecule has 7 heteroatoms. The van der Waals surface area contributed by atoms with Crippen LogP contribution in [0, 0.1) is 0 Å². The number of nitrogens with one attached hydrogen (secondary N) is 1. The van der Waals surface area contributed by atoms with Crippen LogP contribution in [0.4, 0.5) is 0 Å². The molecule has 94 valence electrons. The fourth-order valence-corrected chi connectivity index (χ4v) is 2.29. The Morgan fingerprint density at radius 2 is 1.76 bits per heavy atom. The van der Waals surface area contributed by atoms with Crippen molar-refractivity contribution in [1.82, 2.24) is 4.72 Å². The minimum Gasteiger partial charge on any atom is -0.480 e. The maximum absolute atomic E-state index is 11.5. The first-order valence-corrected chi connectivity index (χ1v) is 6.55. The summed E-state index contributed by atoms with van der Waals surface area (Å²) < 4.78 is 24.9. The predicted molar refractivity (Wildman–Crippen MR) is 62.6 cm³/mol. The van der Waals surface area contributed by atoms with Gasteiger partial charge in [-0.15, -0.1) is 0 Å². The van der Waals surface area contributed by atoms with E-state index in [-0.39, 0.29) is 5.75 Å². The van der Waals surface area contributed by atoms with E-state index in [0.717, 1.165) is 5.56 Å². The van der Waals surface area contributed by atoms with E-state index in [4.69, 9.17) is 10.8 Å². The average Bonchev–Trinajstić information content (AvgIpc) is 2.27. The quantitative estimate of drug-likeness (QED) is 0.646. The first-order chi connectivity index (χ1) is 7.93. The van der Waals surface area contributed by atoms with Gasteiger partial charge in [0.2, 0.25) is 10.0 Å². The normalized spacial score (nSPS) is 11.4. The fraction of sp³-hybridized carbons (Fsp3) is 0.300. The summed E-state index contributed by atoms with van der Waals surface area (Å²) in [4.78, 5) is 10.2. The van der Waals surface area contributed by atoms with Crippen molar-refractivity contribution < 1.29 is 18.3 Å². The van der Waals surface area contributed by atoms with Crippen molar-refractivity contribution >= 4 is 16.0 Å². The number of rotatable bonds is 6. The van der Waals surface area contributed by atoms with Crippen molar-refractivity contribution in [3.8, 4) is 0 Å². The van der Waals surface area contributed by atoms with Gasteiger partial charge in [0.1, 0.15) is 6.54 Å². The molecule has 0 bridgehead atoms. The molecule has 0 radical (unpaired) electrons. The average molecular weight is 258 g/mol. The summed E-state index contributed by atoms with van der Waals surface area (Å²) in [5.41, 5.74) is 6.90. The van der Waals surface area contributed by atoms with Crippen LogP contribution in [-0.2, 0) is 27.1 Å². The van der Waals surface area contributed by atoms with Gasteiger partial charge in [0, 0.05) is 6.54 Å². The molecule has 0 spiro atoms. The van der Waals surface area contributed by atoms with E-state index in [1.165, 1.54) is 0 Å². The van der Waals surface area contributed by atoms with Crippen LogP contribution in [0.2, 0.25) is 0 Å². The van der Waals surface area contributed by atoms with Crippen LogP contribution in [0.15, 0.2) is 24.3 Å². The third-order valence-electron chi connectivity index (χ3n) is 2.06. The van der Waals surface area contributed by atoms with E-state index < -0.39 is 22.5 Å². The molecule has 0 amide bonds. The summed E-state index contributed by atoms with van der Waals surface area (Å²) in [6.45, 7) is -0.215. The Bertz CT molecular complexity index is 482. The van der Waals surface area contributed by atoms with Crippen molar-refractivity contribution in [3.05, 3.63) is 35.4 Å². The lowest BCUT2D eigenvalue weighted by Gasteiger charge is -2.05. The number of carboxylic acid groups (broad SMARTS) is 1. The van der Waals surface area contributed by atoms with E-state index >= 15 is 0 Å². The highest BCUT2D eigenvalue weighted by molar-refractivity contribution is 7.88. The van der Waals surface area contributed by atoms with Gasteiger partial charge in [-0.3, -0.25) is 4.79 Å². The summed E-state index contributed by atoms with van der Waals surface area (Å²) in [6.07, 6.45) is 0. The van der Waals surface area contributed by atoms with E-state index in [0.29, 0.717) is 12.1 Å². The van der Waals surface area contributed by atoms with Gasteiger partial charge >= 0.3 is 5.97 Å². The highest BCUT2D eigenvalue weighted by atomic mass is 32.2. The van der Waals surface area contributed by atoms with E-state index in [1.807, 2.05) is 4.72 Å². The van der Waals surface area contributed by atoms with Crippen LogP contribution in [0.3, 0.4) is 0 Å². The zero-order valence-electron chi connectivity index (χ0n) is 9.09. The number of hydrogen-bond donors (Lipinski definition) is 3. The van der Waals surface area contributed by atoms with Gasteiger partial charge < -0.3 is 10.8 Å². The topological polar surface area (TPSA) is 109 Å². The highest BCUT2D eigenvalue weighted by Gasteiger charge is 2.12. The number of hydrogen-bond acceptors (Lipinski definition) is 4. The molecular weight excluding hydrogens is 244 g/mol. The minimum absolute atomic E-state index is 0.245. The smallest absolute Gasteiger partial charge is 0.318 e. The summed E-state index contributed by atoms with van der Waals surface area (Å²) in [5.74, 6) is -1.46. The molecule has 0 aromatic heterocycles. The zero-order chi connectivity index (χ0) is 12.9. The van der Waals surface area contributed by atoms with Gasteiger partial charge in [-0.25, -0.2) is 13.1 Å². The molecule has 4 N–H and O–H groups in total. The monoisotopic (exact) mass is 258 g/mol. The summed E-state index contributed by atoms with van der Waals surface area (Å²) in [5, 5.41) is 8.37. The van der Waals surface area contributed by atoms with Crippen LogP contribution < -0.4 is 10.5 Å². The van der Waals surface area contributed by atoms with Gasteiger partial charge in [-0.2, -0.15) is 0 Å². The van der Waals surface area contributed by atoms with Crippen molar-refractivity contribution in [2.45, 2.75) is 12.3 Å². The number of benzene rings is 1. The second-order valence-corrected chi connectivity index (χ2v) is 5.30. The Morgan fingerprint density at radius 1 is 1.24 bits per heavy atom. The molecular formula is C10H14N2O4S. The van der Waals surface area contributed by atoms with Gasteiger partial charge in [0.15, 0.2) is 0 Å². The molecule has 0 aliphatic carbocycles. The van der Waals surface area contributed by atoms with Crippen LogP contribution in [0.5, 0.6) is 0 Å². The number of carboxylic acids is 1. The largest absolute Gasteiger partial charge is 0.480 e. The molecule has 1 aromatic carbocycles. The van der Waals surface area contributed by atoms with E-state index in [9.17, 15) is 13.2 Å². The van der Waals surface area contributed by atoms with Gasteiger partial charge in [-0.1, -0.05) is 24.3 Å². The van der Waals surface area contributed by atoms with Gasteiger partial charge in [-0.05, 0) is 11.1 Å². The SMILES string of the molecule is NCc1ccc(CS(=O)(=O)NCC(=O)O)cc1. The zero-order valence-corrected chi connectivity index (χ0v) is 9.90. The second kappa shape index (κ2) is 5.76. The molecule has 17 heavy (non-hydrogen) atoms. The van der Waals surface area contributed by atoms with Crippen molar-refractivity contribution in [1.29, 1.82) is 0 Å². The van der Waals surface area contributed by atoms with Crippen molar-refractivity contribution in [3.63, 3.8) is 0 Å². The van der Waals surface area contributed by atoms with Crippen LogP contribution in [0.25, 0.3) is 0 Å². The Labute approximate surface area is 99.5 Å². The summed E-state index contributed by atoms with van der Waals surface area (Å²) >= 11 is 0. The number of aliphatic carboxylic acids is 1. The van der Waals surface area contributed by atoms with Crippen molar-refractivity contribution in [2.24, 2.45) is 5.73 Å².